The second-order valence-electron chi connectivity index (χ2n) is 4.41. The zero-order valence-corrected chi connectivity index (χ0v) is 9.84. The molecule has 1 aromatic carbocycles. The van der Waals surface area contributed by atoms with E-state index < -0.39 is 11.9 Å². The van der Waals surface area contributed by atoms with Gasteiger partial charge in [0.05, 0.1) is 11.4 Å². The molecule has 0 aliphatic carbocycles. The smallest absolute Gasteiger partial charge is 0.306 e. The van der Waals surface area contributed by atoms with Crippen molar-refractivity contribution in [2.24, 2.45) is 13.0 Å². The Morgan fingerprint density at radius 1 is 1.47 bits per heavy atom. The predicted molar refractivity (Wildman–Crippen MR) is 65.1 cm³/mol. The van der Waals surface area contributed by atoms with Crippen molar-refractivity contribution in [3.05, 3.63) is 30.0 Å². The molecule has 4 heteroatoms. The van der Waals surface area contributed by atoms with Crippen molar-refractivity contribution in [3.63, 3.8) is 0 Å². The maximum absolute atomic E-state index is 10.9. The summed E-state index contributed by atoms with van der Waals surface area (Å²) in [6.45, 7) is 1.70. The normalized spacial score (nSPS) is 12.8. The highest BCUT2D eigenvalue weighted by Crippen LogP contribution is 2.26. The van der Waals surface area contributed by atoms with Crippen molar-refractivity contribution in [1.82, 2.24) is 4.57 Å². The molecule has 0 aliphatic heterocycles. The van der Waals surface area contributed by atoms with Gasteiger partial charge in [0.1, 0.15) is 5.75 Å². The van der Waals surface area contributed by atoms with Gasteiger partial charge < -0.3 is 14.8 Å². The second kappa shape index (κ2) is 4.13. The summed E-state index contributed by atoms with van der Waals surface area (Å²) in [6, 6.07) is 5.14. The molecule has 2 N–H and O–H groups in total. The molecule has 17 heavy (non-hydrogen) atoms. The molecule has 0 spiro atoms. The lowest BCUT2D eigenvalue weighted by Crippen LogP contribution is -2.11. The Morgan fingerprint density at radius 3 is 2.82 bits per heavy atom. The standard InChI is InChI=1S/C13H15NO3/c1-8(13(16)17)5-9-7-14(2)12-6-10(15)3-4-11(9)12/h3-4,6-8,15H,5H2,1-2H3,(H,16,17). The maximum Gasteiger partial charge on any atom is 0.306 e. The lowest BCUT2D eigenvalue weighted by molar-refractivity contribution is -0.141. The van der Waals surface area contributed by atoms with E-state index in [9.17, 15) is 9.90 Å². The van der Waals surface area contributed by atoms with Gasteiger partial charge in [-0.1, -0.05) is 6.92 Å². The van der Waals surface area contributed by atoms with Gasteiger partial charge in [-0.2, -0.15) is 0 Å². The van der Waals surface area contributed by atoms with E-state index in [1.54, 1.807) is 19.1 Å². The van der Waals surface area contributed by atoms with Crippen LogP contribution in [-0.4, -0.2) is 20.7 Å². The summed E-state index contributed by atoms with van der Waals surface area (Å²) < 4.78 is 1.90. The average Bonchev–Trinajstić information content (AvgIpc) is 2.55. The highest BCUT2D eigenvalue weighted by molar-refractivity contribution is 5.85. The van der Waals surface area contributed by atoms with E-state index in [4.69, 9.17) is 5.11 Å². The first-order chi connectivity index (χ1) is 7.99. The number of benzene rings is 1. The zero-order chi connectivity index (χ0) is 12.6. The van der Waals surface area contributed by atoms with Crippen LogP contribution in [0.3, 0.4) is 0 Å². The van der Waals surface area contributed by atoms with Crippen molar-refractivity contribution >= 4 is 16.9 Å². The van der Waals surface area contributed by atoms with Gasteiger partial charge in [0, 0.05) is 24.7 Å². The lowest BCUT2D eigenvalue weighted by Gasteiger charge is -2.04. The summed E-state index contributed by atoms with van der Waals surface area (Å²) in [5.74, 6) is -0.980. The first-order valence-electron chi connectivity index (χ1n) is 5.48. The lowest BCUT2D eigenvalue weighted by atomic mass is 10.0. The van der Waals surface area contributed by atoms with Gasteiger partial charge in [0.25, 0.3) is 0 Å². The summed E-state index contributed by atoms with van der Waals surface area (Å²) >= 11 is 0. The second-order valence-corrected chi connectivity index (χ2v) is 4.41. The SMILES string of the molecule is CC(Cc1cn(C)c2cc(O)ccc12)C(=O)O. The fraction of sp³-hybridized carbons (Fsp3) is 0.308. The van der Waals surface area contributed by atoms with E-state index in [0.717, 1.165) is 16.5 Å². The van der Waals surface area contributed by atoms with Gasteiger partial charge in [-0.25, -0.2) is 0 Å². The Labute approximate surface area is 99.1 Å². The van der Waals surface area contributed by atoms with Gasteiger partial charge >= 0.3 is 5.97 Å². The van der Waals surface area contributed by atoms with Gasteiger partial charge in [0.15, 0.2) is 0 Å². The number of phenols is 1. The van der Waals surface area contributed by atoms with Crippen LogP contribution in [0.4, 0.5) is 0 Å². The third kappa shape index (κ3) is 2.11. The molecule has 1 unspecified atom stereocenters. The van der Waals surface area contributed by atoms with E-state index in [0.29, 0.717) is 6.42 Å². The van der Waals surface area contributed by atoms with Gasteiger partial charge in [-0.3, -0.25) is 4.79 Å². The molecule has 4 nitrogen and oxygen atoms in total. The van der Waals surface area contributed by atoms with Crippen molar-refractivity contribution < 1.29 is 15.0 Å². The van der Waals surface area contributed by atoms with E-state index in [2.05, 4.69) is 0 Å². The average molecular weight is 233 g/mol. The largest absolute Gasteiger partial charge is 0.508 e. The Balaban J connectivity index is 2.45. The summed E-state index contributed by atoms with van der Waals surface area (Å²) in [6.07, 6.45) is 2.42. The molecular formula is C13H15NO3. The number of hydrogen-bond acceptors (Lipinski definition) is 2. The molecule has 0 fully saturated rings. The highest BCUT2D eigenvalue weighted by atomic mass is 16.4. The molecule has 2 aromatic rings. The highest BCUT2D eigenvalue weighted by Gasteiger charge is 2.15. The minimum Gasteiger partial charge on any atom is -0.508 e. The molecule has 1 heterocycles. The number of aromatic hydroxyl groups is 1. The fourth-order valence-electron chi connectivity index (χ4n) is 2.04. The molecule has 0 saturated carbocycles. The topological polar surface area (TPSA) is 62.5 Å². The number of aryl methyl sites for hydroxylation is 1. The minimum absolute atomic E-state index is 0.219. The number of rotatable bonds is 3. The summed E-state index contributed by atoms with van der Waals surface area (Å²) in [7, 11) is 1.89. The maximum atomic E-state index is 10.9. The molecule has 0 aliphatic rings. The third-order valence-corrected chi connectivity index (χ3v) is 3.00. The zero-order valence-electron chi connectivity index (χ0n) is 9.84. The van der Waals surface area contributed by atoms with Crippen LogP contribution in [0.5, 0.6) is 5.75 Å². The van der Waals surface area contributed by atoms with E-state index in [-0.39, 0.29) is 5.75 Å². The number of fused-ring (bicyclic) bond motifs is 1. The molecule has 0 radical (unpaired) electrons. The van der Waals surface area contributed by atoms with Gasteiger partial charge in [0.2, 0.25) is 0 Å². The van der Waals surface area contributed by atoms with Gasteiger partial charge in [-0.15, -0.1) is 0 Å². The van der Waals surface area contributed by atoms with Crippen LogP contribution < -0.4 is 0 Å². The van der Waals surface area contributed by atoms with Crippen LogP contribution in [0.15, 0.2) is 24.4 Å². The summed E-state index contributed by atoms with van der Waals surface area (Å²) in [5.41, 5.74) is 1.91. The van der Waals surface area contributed by atoms with E-state index in [1.807, 2.05) is 23.9 Å². The van der Waals surface area contributed by atoms with Crippen LogP contribution in [0.25, 0.3) is 10.9 Å². The van der Waals surface area contributed by atoms with Crippen molar-refractivity contribution in [2.75, 3.05) is 0 Å². The quantitative estimate of drug-likeness (QED) is 0.853. The molecule has 90 valence electrons. The van der Waals surface area contributed by atoms with Crippen LogP contribution in [-0.2, 0) is 18.3 Å². The predicted octanol–water partition coefficient (Wildman–Crippen LogP) is 2.15. The molecule has 2 rings (SSSR count). The molecule has 0 bridgehead atoms. The van der Waals surface area contributed by atoms with Crippen LogP contribution in [0.2, 0.25) is 0 Å². The molecule has 0 saturated heterocycles. The van der Waals surface area contributed by atoms with Crippen molar-refractivity contribution in [2.45, 2.75) is 13.3 Å². The Bertz CT molecular complexity index is 571. The summed E-state index contributed by atoms with van der Waals surface area (Å²) in [4.78, 5) is 10.9. The molecule has 0 amide bonds. The van der Waals surface area contributed by atoms with Crippen LogP contribution >= 0.6 is 0 Å². The third-order valence-electron chi connectivity index (χ3n) is 3.00. The first-order valence-corrected chi connectivity index (χ1v) is 5.48. The van der Waals surface area contributed by atoms with Crippen molar-refractivity contribution in [1.29, 1.82) is 0 Å². The van der Waals surface area contributed by atoms with Crippen LogP contribution in [0, 0.1) is 5.92 Å². The monoisotopic (exact) mass is 233 g/mol. The summed E-state index contributed by atoms with van der Waals surface area (Å²) in [5, 5.41) is 19.3. The number of carboxylic acid groups (broad SMARTS) is 1. The number of aromatic nitrogens is 1. The number of phenolic OH excluding ortho intramolecular Hbond substituents is 1. The molecule has 1 atom stereocenters. The Morgan fingerprint density at radius 2 is 2.18 bits per heavy atom. The number of nitrogens with zero attached hydrogens (tertiary/aromatic N) is 1. The Hall–Kier alpha value is -1.97. The van der Waals surface area contributed by atoms with Gasteiger partial charge in [-0.05, 0) is 24.1 Å². The van der Waals surface area contributed by atoms with Crippen LogP contribution in [0.1, 0.15) is 12.5 Å². The van der Waals surface area contributed by atoms with E-state index in [1.165, 1.54) is 0 Å². The van der Waals surface area contributed by atoms with E-state index >= 15 is 0 Å². The minimum atomic E-state index is -0.791. The number of hydrogen-bond donors (Lipinski definition) is 2. The molecule has 1 aromatic heterocycles. The fourth-order valence-corrected chi connectivity index (χ4v) is 2.04. The molecular weight excluding hydrogens is 218 g/mol. The number of carbonyl (C=O) groups is 1. The Kier molecular flexibility index (Phi) is 2.79. The van der Waals surface area contributed by atoms with Crippen molar-refractivity contribution in [3.8, 4) is 5.75 Å². The number of carboxylic acids is 1. The first kappa shape index (κ1) is 11.5. The number of aliphatic carboxylic acids is 1.